The molecule has 1 saturated heterocycles. The van der Waals surface area contributed by atoms with Crippen LogP contribution in [0.15, 0.2) is 6.20 Å². The standard InChI is InChI=1S/C14H13N5O3S2/c1-19-7-2-3-8-11(6(7)5-15-19)17-13(23-8)16-10(20)4-9-12(21)18-14(22)24-9/h5,9H,2-4H2,1H3,(H,16,17,20)(H,18,21,22). The van der Waals surface area contributed by atoms with Crippen molar-refractivity contribution in [2.24, 2.45) is 7.05 Å². The average Bonchev–Trinajstić information content (AvgIpc) is 3.17. The maximum absolute atomic E-state index is 12.1. The molecule has 2 aromatic rings. The van der Waals surface area contributed by atoms with Gasteiger partial charge in [-0.15, -0.1) is 11.3 Å². The van der Waals surface area contributed by atoms with Crippen LogP contribution in [0.3, 0.4) is 0 Å². The molecule has 0 saturated carbocycles. The van der Waals surface area contributed by atoms with Crippen molar-refractivity contribution < 1.29 is 14.4 Å². The van der Waals surface area contributed by atoms with Gasteiger partial charge in [0.15, 0.2) is 5.13 Å². The Morgan fingerprint density at radius 1 is 1.46 bits per heavy atom. The minimum Gasteiger partial charge on any atom is -0.302 e. The molecule has 0 spiro atoms. The molecule has 0 aromatic carbocycles. The van der Waals surface area contributed by atoms with E-state index in [1.165, 1.54) is 11.3 Å². The maximum atomic E-state index is 12.1. The number of hydrogen-bond donors (Lipinski definition) is 2. The van der Waals surface area contributed by atoms with Crippen LogP contribution in [0.25, 0.3) is 11.3 Å². The van der Waals surface area contributed by atoms with Crippen LogP contribution in [-0.2, 0) is 29.5 Å². The van der Waals surface area contributed by atoms with Gasteiger partial charge in [-0.05, 0) is 12.8 Å². The lowest BCUT2D eigenvalue weighted by atomic mass is 10.0. The van der Waals surface area contributed by atoms with Crippen molar-refractivity contribution in [2.45, 2.75) is 24.5 Å². The van der Waals surface area contributed by atoms with Crippen LogP contribution in [0.4, 0.5) is 9.93 Å². The minimum absolute atomic E-state index is 0.0510. The van der Waals surface area contributed by atoms with Crippen LogP contribution < -0.4 is 10.6 Å². The van der Waals surface area contributed by atoms with E-state index in [1.54, 1.807) is 6.20 Å². The topological polar surface area (TPSA) is 106 Å². The second kappa shape index (κ2) is 5.71. The third kappa shape index (κ3) is 2.61. The summed E-state index contributed by atoms with van der Waals surface area (Å²) in [6.45, 7) is 0. The molecule has 24 heavy (non-hydrogen) atoms. The summed E-state index contributed by atoms with van der Waals surface area (Å²) in [6, 6.07) is 0. The molecule has 3 amide bonds. The van der Waals surface area contributed by atoms with Gasteiger partial charge in [-0.2, -0.15) is 5.10 Å². The van der Waals surface area contributed by atoms with Crippen molar-refractivity contribution in [2.75, 3.05) is 5.32 Å². The molecule has 2 aliphatic rings. The molecular formula is C14H13N5O3S2. The SMILES string of the molecule is Cn1ncc2c1CCc1sc(NC(=O)CC3SC(=O)NC3=O)nc1-2. The average molecular weight is 363 g/mol. The van der Waals surface area contributed by atoms with Crippen LogP contribution in [0.5, 0.6) is 0 Å². The van der Waals surface area contributed by atoms with Gasteiger partial charge in [-0.25, -0.2) is 4.98 Å². The number of hydrogen-bond acceptors (Lipinski definition) is 7. The highest BCUT2D eigenvalue weighted by atomic mass is 32.2. The molecule has 1 fully saturated rings. The molecule has 124 valence electrons. The zero-order chi connectivity index (χ0) is 16.8. The van der Waals surface area contributed by atoms with E-state index in [2.05, 4.69) is 20.7 Å². The molecule has 10 heteroatoms. The van der Waals surface area contributed by atoms with E-state index in [0.717, 1.165) is 46.4 Å². The Labute approximate surface area is 145 Å². The maximum Gasteiger partial charge on any atom is 0.286 e. The summed E-state index contributed by atoms with van der Waals surface area (Å²) < 4.78 is 1.85. The Morgan fingerprint density at radius 3 is 3.04 bits per heavy atom. The number of rotatable bonds is 3. The van der Waals surface area contributed by atoms with Crippen LogP contribution >= 0.6 is 23.1 Å². The number of carbonyl (C=O) groups is 3. The third-order valence-electron chi connectivity index (χ3n) is 3.99. The molecule has 0 bridgehead atoms. The fourth-order valence-corrected chi connectivity index (χ4v) is 4.65. The first-order valence-electron chi connectivity index (χ1n) is 7.33. The van der Waals surface area contributed by atoms with Gasteiger partial charge in [0, 0.05) is 29.6 Å². The summed E-state index contributed by atoms with van der Waals surface area (Å²) in [7, 11) is 1.91. The number of imide groups is 1. The smallest absolute Gasteiger partial charge is 0.286 e. The summed E-state index contributed by atoms with van der Waals surface area (Å²) >= 11 is 2.29. The van der Waals surface area contributed by atoms with Crippen molar-refractivity contribution in [3.63, 3.8) is 0 Å². The van der Waals surface area contributed by atoms with Crippen molar-refractivity contribution >= 4 is 45.3 Å². The largest absolute Gasteiger partial charge is 0.302 e. The molecule has 0 radical (unpaired) electrons. The Hall–Kier alpha value is -2.20. The van der Waals surface area contributed by atoms with E-state index in [0.29, 0.717) is 5.13 Å². The lowest BCUT2D eigenvalue weighted by Gasteiger charge is -2.10. The molecule has 1 unspecified atom stereocenters. The van der Waals surface area contributed by atoms with E-state index in [9.17, 15) is 14.4 Å². The molecule has 1 atom stereocenters. The van der Waals surface area contributed by atoms with Gasteiger partial charge in [-0.1, -0.05) is 11.8 Å². The normalized spacial score (nSPS) is 19.0. The zero-order valence-corrected chi connectivity index (χ0v) is 14.3. The second-order valence-corrected chi connectivity index (χ2v) is 7.81. The summed E-state index contributed by atoms with van der Waals surface area (Å²) in [4.78, 5) is 40.4. The summed E-state index contributed by atoms with van der Waals surface area (Å²) in [6.07, 6.45) is 3.51. The molecule has 2 N–H and O–H groups in total. The van der Waals surface area contributed by atoms with Crippen molar-refractivity contribution in [3.05, 3.63) is 16.8 Å². The number of amides is 3. The van der Waals surface area contributed by atoms with E-state index in [-0.39, 0.29) is 12.3 Å². The van der Waals surface area contributed by atoms with Crippen LogP contribution in [-0.4, -0.2) is 37.1 Å². The third-order valence-corrected chi connectivity index (χ3v) is 6.00. The quantitative estimate of drug-likeness (QED) is 0.852. The van der Waals surface area contributed by atoms with Gasteiger partial charge < -0.3 is 5.32 Å². The first kappa shape index (κ1) is 15.3. The highest BCUT2D eigenvalue weighted by Crippen LogP contribution is 2.37. The minimum atomic E-state index is -0.669. The predicted octanol–water partition coefficient (Wildman–Crippen LogP) is 1.32. The fraction of sp³-hybridized carbons (Fsp3) is 0.357. The molecule has 3 heterocycles. The molecule has 1 aliphatic carbocycles. The highest BCUT2D eigenvalue weighted by molar-refractivity contribution is 8.15. The summed E-state index contributed by atoms with van der Waals surface area (Å²) in [5.41, 5.74) is 3.02. The number of aromatic nitrogens is 3. The van der Waals surface area contributed by atoms with E-state index < -0.39 is 16.4 Å². The summed E-state index contributed by atoms with van der Waals surface area (Å²) in [5, 5.41) is 8.60. The van der Waals surface area contributed by atoms with Crippen molar-refractivity contribution in [3.8, 4) is 11.3 Å². The first-order chi connectivity index (χ1) is 11.5. The monoisotopic (exact) mass is 363 g/mol. The Bertz CT molecular complexity index is 872. The fourth-order valence-electron chi connectivity index (χ4n) is 2.84. The molecular weight excluding hydrogens is 350 g/mol. The lowest BCUT2D eigenvalue weighted by molar-refractivity contribution is -0.122. The van der Waals surface area contributed by atoms with Crippen LogP contribution in [0.2, 0.25) is 0 Å². The number of fused-ring (bicyclic) bond motifs is 3. The lowest BCUT2D eigenvalue weighted by Crippen LogP contribution is -2.27. The number of thiazole rings is 1. The second-order valence-electron chi connectivity index (χ2n) is 5.55. The Morgan fingerprint density at radius 2 is 2.29 bits per heavy atom. The summed E-state index contributed by atoms with van der Waals surface area (Å²) in [5.74, 6) is -0.742. The number of nitrogens with one attached hydrogen (secondary N) is 2. The van der Waals surface area contributed by atoms with Gasteiger partial charge in [0.25, 0.3) is 5.24 Å². The number of thioether (sulfide) groups is 1. The predicted molar refractivity (Wildman–Crippen MR) is 89.9 cm³/mol. The van der Waals surface area contributed by atoms with Gasteiger partial charge in [0.1, 0.15) is 5.25 Å². The molecule has 1 aliphatic heterocycles. The van der Waals surface area contributed by atoms with Crippen molar-refractivity contribution in [1.82, 2.24) is 20.1 Å². The van der Waals surface area contributed by atoms with Gasteiger partial charge in [0.05, 0.1) is 11.9 Å². The first-order valence-corrected chi connectivity index (χ1v) is 9.03. The van der Waals surface area contributed by atoms with E-state index >= 15 is 0 Å². The van der Waals surface area contributed by atoms with Crippen molar-refractivity contribution in [1.29, 1.82) is 0 Å². The number of aryl methyl sites for hydroxylation is 2. The van der Waals surface area contributed by atoms with Crippen LogP contribution in [0, 0.1) is 0 Å². The number of anilines is 1. The zero-order valence-electron chi connectivity index (χ0n) is 12.7. The number of carbonyl (C=O) groups excluding carboxylic acids is 3. The Kier molecular flexibility index (Phi) is 3.65. The van der Waals surface area contributed by atoms with E-state index in [4.69, 9.17) is 0 Å². The van der Waals surface area contributed by atoms with Gasteiger partial charge in [0.2, 0.25) is 11.8 Å². The van der Waals surface area contributed by atoms with Crippen LogP contribution in [0.1, 0.15) is 17.0 Å². The molecule has 2 aromatic heterocycles. The highest BCUT2D eigenvalue weighted by Gasteiger charge is 2.33. The van der Waals surface area contributed by atoms with Gasteiger partial charge in [-0.3, -0.25) is 24.4 Å². The number of nitrogens with zero attached hydrogens (tertiary/aromatic N) is 3. The Balaban J connectivity index is 1.49. The molecule has 4 rings (SSSR count). The van der Waals surface area contributed by atoms with E-state index in [1.807, 2.05) is 11.7 Å². The molecule has 8 nitrogen and oxygen atoms in total. The van der Waals surface area contributed by atoms with Gasteiger partial charge >= 0.3 is 0 Å².